The quantitative estimate of drug-likeness (QED) is 0.499. The van der Waals surface area contributed by atoms with Crippen LogP contribution in [0, 0.1) is 5.92 Å². The maximum absolute atomic E-state index is 12.1. The lowest BCUT2D eigenvalue weighted by molar-refractivity contribution is -0.123. The molecule has 1 N–H and O–H groups in total. The van der Waals surface area contributed by atoms with Crippen molar-refractivity contribution in [2.24, 2.45) is 11.0 Å². The van der Waals surface area contributed by atoms with Crippen LogP contribution in [0.2, 0.25) is 0 Å². The maximum atomic E-state index is 12.1. The summed E-state index contributed by atoms with van der Waals surface area (Å²) in [5.41, 5.74) is 6.97. The van der Waals surface area contributed by atoms with E-state index < -0.39 is 0 Å². The number of halogens is 1. The Bertz CT molecular complexity index is 750. The Hall–Kier alpha value is -1.88. The van der Waals surface area contributed by atoms with Crippen molar-refractivity contribution in [2.75, 3.05) is 6.61 Å². The highest BCUT2D eigenvalue weighted by molar-refractivity contribution is 9.10. The summed E-state index contributed by atoms with van der Waals surface area (Å²) in [6, 6.07) is 5.91. The number of hydrogen-bond donors (Lipinski definition) is 1. The largest absolute Gasteiger partial charge is 0.483 e. The molecule has 1 amide bonds. The predicted molar refractivity (Wildman–Crippen MR) is 111 cm³/mol. The Morgan fingerprint density at radius 1 is 1.46 bits per heavy atom. The van der Waals surface area contributed by atoms with Crippen molar-refractivity contribution in [2.45, 2.75) is 46.5 Å². The first kappa shape index (κ1) is 20.4. The van der Waals surface area contributed by atoms with Crippen molar-refractivity contribution >= 4 is 27.5 Å². The first-order valence-electron chi connectivity index (χ1n) is 8.88. The first-order chi connectivity index (χ1) is 12.3. The third kappa shape index (κ3) is 5.56. The van der Waals surface area contributed by atoms with Gasteiger partial charge in [0.05, 0.1) is 10.2 Å². The van der Waals surface area contributed by atoms with Crippen LogP contribution in [-0.2, 0) is 4.79 Å². The Morgan fingerprint density at radius 3 is 2.81 bits per heavy atom. The molecule has 1 aliphatic carbocycles. The van der Waals surface area contributed by atoms with Gasteiger partial charge in [-0.05, 0) is 77.7 Å². The second-order valence-electron chi connectivity index (χ2n) is 7.10. The van der Waals surface area contributed by atoms with Crippen molar-refractivity contribution in [3.8, 4) is 5.75 Å². The van der Waals surface area contributed by atoms with Crippen LogP contribution in [0.15, 0.2) is 51.6 Å². The van der Waals surface area contributed by atoms with Gasteiger partial charge in [0.25, 0.3) is 5.91 Å². The van der Waals surface area contributed by atoms with Gasteiger partial charge in [-0.1, -0.05) is 38.1 Å². The molecule has 140 valence electrons. The fourth-order valence-electron chi connectivity index (χ4n) is 2.72. The van der Waals surface area contributed by atoms with Crippen LogP contribution in [0.25, 0.3) is 0 Å². The number of ether oxygens (including phenoxy) is 1. The van der Waals surface area contributed by atoms with E-state index in [0.29, 0.717) is 17.6 Å². The van der Waals surface area contributed by atoms with Gasteiger partial charge < -0.3 is 4.74 Å². The van der Waals surface area contributed by atoms with E-state index in [-0.39, 0.29) is 12.5 Å². The Kier molecular flexibility index (Phi) is 7.21. The average Bonchev–Trinajstić information content (AvgIpc) is 2.59. The van der Waals surface area contributed by atoms with Crippen LogP contribution >= 0.6 is 15.9 Å². The maximum Gasteiger partial charge on any atom is 0.277 e. The molecule has 1 aliphatic rings. The number of hydrogen-bond acceptors (Lipinski definition) is 3. The number of carbonyl (C=O) groups excluding carboxylic acids is 1. The highest BCUT2D eigenvalue weighted by Crippen LogP contribution is 2.29. The number of hydrazone groups is 1. The monoisotopic (exact) mass is 418 g/mol. The van der Waals surface area contributed by atoms with E-state index in [4.69, 9.17) is 4.74 Å². The molecule has 1 atom stereocenters. The van der Waals surface area contributed by atoms with Gasteiger partial charge in [-0.3, -0.25) is 4.79 Å². The van der Waals surface area contributed by atoms with Gasteiger partial charge in [0.15, 0.2) is 6.61 Å². The molecule has 0 spiro atoms. The molecule has 1 aromatic carbocycles. The molecule has 4 nitrogen and oxygen atoms in total. The normalized spacial score (nSPS) is 18.6. The van der Waals surface area contributed by atoms with E-state index in [1.807, 2.05) is 32.0 Å². The summed E-state index contributed by atoms with van der Waals surface area (Å²) >= 11 is 3.50. The van der Waals surface area contributed by atoms with E-state index in [1.165, 1.54) is 5.56 Å². The minimum Gasteiger partial charge on any atom is -0.483 e. The van der Waals surface area contributed by atoms with Gasteiger partial charge in [0, 0.05) is 0 Å². The molecule has 0 fully saturated rings. The predicted octanol–water partition coefficient (Wildman–Crippen LogP) is 5.36. The molecular formula is C21H27BrN2O2. The Balaban J connectivity index is 1.92. The fraction of sp³-hybridized carbons (Fsp3) is 0.429. The number of amides is 1. The smallest absolute Gasteiger partial charge is 0.277 e. The zero-order chi connectivity index (χ0) is 19.3. The number of allylic oxidation sites excluding steroid dienone is 3. The minimum absolute atomic E-state index is 0.0803. The molecule has 5 heteroatoms. The molecule has 0 aliphatic heterocycles. The number of carbonyl (C=O) groups is 1. The molecular weight excluding hydrogens is 392 g/mol. The molecule has 1 unspecified atom stereocenters. The van der Waals surface area contributed by atoms with Gasteiger partial charge in [0.1, 0.15) is 5.75 Å². The summed E-state index contributed by atoms with van der Waals surface area (Å²) in [5.74, 6) is 1.20. The van der Waals surface area contributed by atoms with Gasteiger partial charge >= 0.3 is 0 Å². The average molecular weight is 419 g/mol. The van der Waals surface area contributed by atoms with Crippen molar-refractivity contribution in [1.29, 1.82) is 0 Å². The lowest BCUT2D eigenvalue weighted by Crippen LogP contribution is -2.27. The first-order valence-corrected chi connectivity index (χ1v) is 9.67. The molecule has 0 aromatic heterocycles. The number of benzene rings is 1. The molecule has 2 rings (SSSR count). The van der Waals surface area contributed by atoms with Gasteiger partial charge in [-0.25, -0.2) is 5.43 Å². The molecule has 26 heavy (non-hydrogen) atoms. The highest BCUT2D eigenvalue weighted by atomic mass is 79.9. The van der Waals surface area contributed by atoms with Crippen LogP contribution in [0.5, 0.6) is 5.75 Å². The summed E-state index contributed by atoms with van der Waals surface area (Å²) in [6.07, 6.45) is 3.94. The summed E-state index contributed by atoms with van der Waals surface area (Å²) in [6.45, 7) is 12.3. The second kappa shape index (κ2) is 9.17. The van der Waals surface area contributed by atoms with Crippen LogP contribution < -0.4 is 10.2 Å². The Morgan fingerprint density at radius 2 is 2.19 bits per heavy atom. The van der Waals surface area contributed by atoms with E-state index in [0.717, 1.165) is 34.2 Å². The lowest BCUT2D eigenvalue weighted by Gasteiger charge is -2.22. The number of nitrogens with zero attached hydrogens (tertiary/aromatic N) is 1. The molecule has 0 saturated heterocycles. The van der Waals surface area contributed by atoms with E-state index >= 15 is 0 Å². The van der Waals surface area contributed by atoms with Crippen molar-refractivity contribution in [3.05, 3.63) is 52.0 Å². The molecule has 0 radical (unpaired) electrons. The summed E-state index contributed by atoms with van der Waals surface area (Å²) in [4.78, 5) is 12.1. The SMILES string of the molecule is C=C(C)C1CC=C(C)/C(=N/NC(=O)COc2ccc(C(C)C)cc2Br)C1. The third-order valence-electron chi connectivity index (χ3n) is 4.60. The zero-order valence-electron chi connectivity index (χ0n) is 15.9. The van der Waals surface area contributed by atoms with Crippen LogP contribution in [-0.4, -0.2) is 18.2 Å². The standard InChI is InChI=1S/C21H27BrN2O2/c1-13(2)16-8-9-20(18(22)10-16)26-12-21(25)24-23-19-11-17(14(3)4)7-6-15(19)5/h6,8-10,13,17H,3,7,11-12H2,1-2,4-5H3,(H,24,25)/b23-19+. The molecule has 0 bridgehead atoms. The second-order valence-corrected chi connectivity index (χ2v) is 7.95. The molecule has 1 aromatic rings. The molecule has 0 heterocycles. The van der Waals surface area contributed by atoms with Crippen LogP contribution in [0.1, 0.15) is 52.0 Å². The fourth-order valence-corrected chi connectivity index (χ4v) is 3.23. The topological polar surface area (TPSA) is 50.7 Å². The van der Waals surface area contributed by atoms with Crippen molar-refractivity contribution in [1.82, 2.24) is 5.43 Å². The van der Waals surface area contributed by atoms with Crippen molar-refractivity contribution in [3.63, 3.8) is 0 Å². The number of rotatable bonds is 6. The molecule has 0 saturated carbocycles. The zero-order valence-corrected chi connectivity index (χ0v) is 17.5. The van der Waals surface area contributed by atoms with Gasteiger partial charge in [0.2, 0.25) is 0 Å². The minimum atomic E-state index is -0.275. The lowest BCUT2D eigenvalue weighted by atomic mass is 9.85. The third-order valence-corrected chi connectivity index (χ3v) is 5.22. The van der Waals surface area contributed by atoms with Gasteiger partial charge in [-0.2, -0.15) is 5.10 Å². The number of nitrogens with one attached hydrogen (secondary N) is 1. The van der Waals surface area contributed by atoms with E-state index in [9.17, 15) is 4.79 Å². The van der Waals surface area contributed by atoms with E-state index in [1.54, 1.807) is 0 Å². The summed E-state index contributed by atoms with van der Waals surface area (Å²) in [5, 5.41) is 4.28. The summed E-state index contributed by atoms with van der Waals surface area (Å²) < 4.78 is 6.45. The van der Waals surface area contributed by atoms with E-state index in [2.05, 4.69) is 53.0 Å². The van der Waals surface area contributed by atoms with Crippen molar-refractivity contribution < 1.29 is 9.53 Å². The Labute approximate surface area is 164 Å². The highest BCUT2D eigenvalue weighted by Gasteiger charge is 2.19. The summed E-state index contributed by atoms with van der Waals surface area (Å²) in [7, 11) is 0. The van der Waals surface area contributed by atoms with Gasteiger partial charge in [-0.15, -0.1) is 0 Å². The van der Waals surface area contributed by atoms with Crippen LogP contribution in [0.4, 0.5) is 0 Å². The van der Waals surface area contributed by atoms with Crippen LogP contribution in [0.3, 0.4) is 0 Å².